The van der Waals surface area contributed by atoms with E-state index in [0.717, 1.165) is 17.5 Å². The van der Waals surface area contributed by atoms with Gasteiger partial charge in [-0.3, -0.25) is 4.98 Å². The van der Waals surface area contributed by atoms with Gasteiger partial charge in [-0.05, 0) is 35.2 Å². The van der Waals surface area contributed by atoms with Crippen molar-refractivity contribution in [1.29, 1.82) is 0 Å². The lowest BCUT2D eigenvalue weighted by Gasteiger charge is -2.12. The summed E-state index contributed by atoms with van der Waals surface area (Å²) in [6, 6.07) is 11.7. The van der Waals surface area contributed by atoms with Crippen molar-refractivity contribution in [2.45, 2.75) is 19.4 Å². The van der Waals surface area contributed by atoms with E-state index in [2.05, 4.69) is 18.0 Å². The Morgan fingerprint density at radius 1 is 1.12 bits per heavy atom. The average Bonchev–Trinajstić information content (AvgIpc) is 2.39. The summed E-state index contributed by atoms with van der Waals surface area (Å²) >= 11 is 0. The van der Waals surface area contributed by atoms with Crippen LogP contribution in [0.4, 0.5) is 0 Å². The molecule has 0 aliphatic rings. The Bertz CT molecular complexity index is 453. The molecule has 2 rings (SSSR count). The number of aromatic nitrogens is 1. The molecule has 2 aromatic rings. The predicted molar refractivity (Wildman–Crippen MR) is 64.1 cm³/mol. The number of nitrogens with zero attached hydrogens (tertiary/aromatic N) is 1. The number of aliphatic hydroxyl groups excluding tert-OH is 1. The number of benzene rings is 1. The minimum absolute atomic E-state index is 0.561. The normalized spacial score (nSPS) is 12.4. The molecular formula is C14H15NO. The van der Waals surface area contributed by atoms with Crippen molar-refractivity contribution in [2.75, 3.05) is 0 Å². The zero-order valence-corrected chi connectivity index (χ0v) is 9.30. The molecule has 82 valence electrons. The molecule has 0 saturated heterocycles. The van der Waals surface area contributed by atoms with Crippen LogP contribution in [0.5, 0.6) is 0 Å². The highest BCUT2D eigenvalue weighted by Gasteiger charge is 2.09. The van der Waals surface area contributed by atoms with E-state index >= 15 is 0 Å². The number of aliphatic hydroxyl groups is 1. The van der Waals surface area contributed by atoms with E-state index in [4.69, 9.17) is 0 Å². The van der Waals surface area contributed by atoms with Crippen LogP contribution in [0.3, 0.4) is 0 Å². The molecule has 1 N–H and O–H groups in total. The molecule has 1 aromatic heterocycles. The molecule has 1 heterocycles. The van der Waals surface area contributed by atoms with Crippen molar-refractivity contribution in [3.63, 3.8) is 0 Å². The molecule has 0 bridgehead atoms. The van der Waals surface area contributed by atoms with Gasteiger partial charge in [-0.1, -0.05) is 31.2 Å². The third kappa shape index (κ3) is 2.28. The van der Waals surface area contributed by atoms with Crippen LogP contribution >= 0.6 is 0 Å². The van der Waals surface area contributed by atoms with E-state index in [9.17, 15) is 5.11 Å². The summed E-state index contributed by atoms with van der Waals surface area (Å²) in [5, 5.41) is 10.2. The van der Waals surface area contributed by atoms with Crippen LogP contribution in [0, 0.1) is 0 Å². The SMILES string of the molecule is CCc1cccc(C(O)c2ccncc2)c1. The Morgan fingerprint density at radius 2 is 1.88 bits per heavy atom. The molecule has 1 unspecified atom stereocenters. The highest BCUT2D eigenvalue weighted by molar-refractivity contribution is 5.31. The summed E-state index contributed by atoms with van der Waals surface area (Å²) < 4.78 is 0. The number of hydrogen-bond donors (Lipinski definition) is 1. The lowest BCUT2D eigenvalue weighted by Crippen LogP contribution is -2.00. The molecule has 0 aliphatic carbocycles. The molecule has 1 aromatic carbocycles. The number of aryl methyl sites for hydroxylation is 1. The first-order valence-electron chi connectivity index (χ1n) is 5.48. The summed E-state index contributed by atoms with van der Waals surface area (Å²) in [7, 11) is 0. The Kier molecular flexibility index (Phi) is 3.32. The molecule has 0 saturated carbocycles. The first-order chi connectivity index (χ1) is 7.81. The van der Waals surface area contributed by atoms with E-state index in [-0.39, 0.29) is 0 Å². The van der Waals surface area contributed by atoms with E-state index in [1.807, 2.05) is 30.3 Å². The van der Waals surface area contributed by atoms with Crippen molar-refractivity contribution in [2.24, 2.45) is 0 Å². The second-order valence-electron chi connectivity index (χ2n) is 3.78. The molecule has 0 fully saturated rings. The zero-order chi connectivity index (χ0) is 11.4. The van der Waals surface area contributed by atoms with Gasteiger partial charge in [-0.2, -0.15) is 0 Å². The largest absolute Gasteiger partial charge is 0.384 e. The van der Waals surface area contributed by atoms with Crippen LogP contribution in [0.15, 0.2) is 48.8 Å². The van der Waals surface area contributed by atoms with E-state index in [1.165, 1.54) is 5.56 Å². The van der Waals surface area contributed by atoms with Crippen LogP contribution in [0.2, 0.25) is 0 Å². The minimum atomic E-state index is -0.561. The summed E-state index contributed by atoms with van der Waals surface area (Å²) in [5.74, 6) is 0. The van der Waals surface area contributed by atoms with Gasteiger partial charge in [0.05, 0.1) is 0 Å². The Balaban J connectivity index is 2.30. The molecule has 0 aliphatic heterocycles. The van der Waals surface area contributed by atoms with Crippen molar-refractivity contribution < 1.29 is 5.11 Å². The topological polar surface area (TPSA) is 33.1 Å². The second kappa shape index (κ2) is 4.90. The van der Waals surface area contributed by atoms with E-state index in [0.29, 0.717) is 0 Å². The van der Waals surface area contributed by atoms with Crippen molar-refractivity contribution in [3.05, 3.63) is 65.5 Å². The Hall–Kier alpha value is -1.67. The lowest BCUT2D eigenvalue weighted by atomic mass is 10.00. The standard InChI is InChI=1S/C14H15NO/c1-2-11-4-3-5-13(10-11)14(16)12-6-8-15-9-7-12/h3-10,14,16H,2H2,1H3. The third-order valence-electron chi connectivity index (χ3n) is 2.70. The van der Waals surface area contributed by atoms with Gasteiger partial charge in [0.2, 0.25) is 0 Å². The van der Waals surface area contributed by atoms with Crippen molar-refractivity contribution in [1.82, 2.24) is 4.98 Å². The molecule has 0 amide bonds. The van der Waals surface area contributed by atoms with E-state index in [1.54, 1.807) is 12.4 Å². The van der Waals surface area contributed by atoms with Crippen LogP contribution in [-0.2, 0) is 6.42 Å². The summed E-state index contributed by atoms with van der Waals surface area (Å²) in [6.45, 7) is 2.11. The van der Waals surface area contributed by atoms with Gasteiger partial charge < -0.3 is 5.11 Å². The van der Waals surface area contributed by atoms with Crippen molar-refractivity contribution in [3.8, 4) is 0 Å². The highest BCUT2D eigenvalue weighted by atomic mass is 16.3. The molecule has 1 atom stereocenters. The fourth-order valence-corrected chi connectivity index (χ4v) is 1.72. The first kappa shape index (κ1) is 10.8. The number of rotatable bonds is 3. The quantitative estimate of drug-likeness (QED) is 0.850. The second-order valence-corrected chi connectivity index (χ2v) is 3.78. The average molecular weight is 213 g/mol. The Labute approximate surface area is 95.6 Å². The molecule has 16 heavy (non-hydrogen) atoms. The fraction of sp³-hybridized carbons (Fsp3) is 0.214. The Morgan fingerprint density at radius 3 is 2.56 bits per heavy atom. The number of pyridine rings is 1. The molecule has 0 radical (unpaired) electrons. The summed E-state index contributed by atoms with van der Waals surface area (Å²) in [4.78, 5) is 3.94. The summed E-state index contributed by atoms with van der Waals surface area (Å²) in [6.07, 6.45) is 3.82. The molecular weight excluding hydrogens is 198 g/mol. The van der Waals surface area contributed by atoms with Crippen LogP contribution in [-0.4, -0.2) is 10.1 Å². The van der Waals surface area contributed by atoms with Gasteiger partial charge in [0, 0.05) is 12.4 Å². The van der Waals surface area contributed by atoms with Crippen LogP contribution < -0.4 is 0 Å². The van der Waals surface area contributed by atoms with Gasteiger partial charge in [-0.15, -0.1) is 0 Å². The van der Waals surface area contributed by atoms with Crippen LogP contribution in [0.25, 0.3) is 0 Å². The van der Waals surface area contributed by atoms with Crippen LogP contribution in [0.1, 0.15) is 29.7 Å². The van der Waals surface area contributed by atoms with Gasteiger partial charge in [0.25, 0.3) is 0 Å². The summed E-state index contributed by atoms with van der Waals surface area (Å²) in [5.41, 5.74) is 3.06. The maximum Gasteiger partial charge on any atom is 0.104 e. The van der Waals surface area contributed by atoms with Gasteiger partial charge in [-0.25, -0.2) is 0 Å². The first-order valence-corrected chi connectivity index (χ1v) is 5.48. The number of hydrogen-bond acceptors (Lipinski definition) is 2. The monoisotopic (exact) mass is 213 g/mol. The fourth-order valence-electron chi connectivity index (χ4n) is 1.72. The van der Waals surface area contributed by atoms with E-state index < -0.39 is 6.10 Å². The molecule has 2 nitrogen and oxygen atoms in total. The maximum atomic E-state index is 10.2. The molecule has 0 spiro atoms. The predicted octanol–water partition coefficient (Wildman–Crippen LogP) is 2.73. The maximum absolute atomic E-state index is 10.2. The van der Waals surface area contributed by atoms with Gasteiger partial charge >= 0.3 is 0 Å². The van der Waals surface area contributed by atoms with Gasteiger partial charge in [0.1, 0.15) is 6.10 Å². The lowest BCUT2D eigenvalue weighted by molar-refractivity contribution is 0.220. The zero-order valence-electron chi connectivity index (χ0n) is 9.30. The van der Waals surface area contributed by atoms with Crippen molar-refractivity contribution >= 4 is 0 Å². The molecule has 2 heteroatoms. The third-order valence-corrected chi connectivity index (χ3v) is 2.70. The highest BCUT2D eigenvalue weighted by Crippen LogP contribution is 2.21. The van der Waals surface area contributed by atoms with Gasteiger partial charge in [0.15, 0.2) is 0 Å². The minimum Gasteiger partial charge on any atom is -0.384 e. The smallest absolute Gasteiger partial charge is 0.104 e.